The molecule has 0 amide bonds. The minimum absolute atomic E-state index is 0.0639. The van der Waals surface area contributed by atoms with Gasteiger partial charge >= 0.3 is 0 Å². The Labute approximate surface area is 158 Å². The third-order valence-corrected chi connectivity index (χ3v) is 4.05. The number of benzene rings is 2. The molecule has 1 aromatic heterocycles. The summed E-state index contributed by atoms with van der Waals surface area (Å²) in [7, 11) is 0. The summed E-state index contributed by atoms with van der Waals surface area (Å²) >= 11 is 3.45. The van der Waals surface area contributed by atoms with Gasteiger partial charge in [0.25, 0.3) is 0 Å². The molecule has 0 aliphatic heterocycles. The number of nitrogen functional groups attached to an aromatic ring is 1. The SMILES string of the molecule is Nc1cc2c(Nc3cccc(Br)c3)ncnc2cc1OCCOCCF. The Bertz CT molecular complexity index is 894. The van der Waals surface area contributed by atoms with Crippen LogP contribution in [0.3, 0.4) is 0 Å². The number of rotatable bonds is 8. The second kappa shape index (κ2) is 8.77. The summed E-state index contributed by atoms with van der Waals surface area (Å²) in [5, 5.41) is 4.05. The van der Waals surface area contributed by atoms with E-state index in [2.05, 4.69) is 31.2 Å². The monoisotopic (exact) mass is 420 g/mol. The summed E-state index contributed by atoms with van der Waals surface area (Å²) in [6.07, 6.45) is 1.48. The van der Waals surface area contributed by atoms with Crippen molar-refractivity contribution in [2.24, 2.45) is 0 Å². The lowest BCUT2D eigenvalue weighted by Crippen LogP contribution is -2.09. The lowest BCUT2D eigenvalue weighted by atomic mass is 10.2. The summed E-state index contributed by atoms with van der Waals surface area (Å²) in [5.74, 6) is 1.16. The predicted molar refractivity (Wildman–Crippen MR) is 104 cm³/mol. The average Bonchev–Trinajstić information content (AvgIpc) is 2.62. The van der Waals surface area contributed by atoms with Crippen molar-refractivity contribution in [3.8, 4) is 5.75 Å². The van der Waals surface area contributed by atoms with Gasteiger partial charge in [0.05, 0.1) is 24.4 Å². The van der Waals surface area contributed by atoms with Crippen molar-refractivity contribution < 1.29 is 13.9 Å². The summed E-state index contributed by atoms with van der Waals surface area (Å²) in [6, 6.07) is 11.3. The molecule has 0 bridgehead atoms. The zero-order valence-electron chi connectivity index (χ0n) is 13.9. The van der Waals surface area contributed by atoms with E-state index in [0.717, 1.165) is 15.5 Å². The van der Waals surface area contributed by atoms with Crippen LogP contribution >= 0.6 is 15.9 Å². The second-order valence-electron chi connectivity index (χ2n) is 5.41. The molecule has 136 valence electrons. The van der Waals surface area contributed by atoms with Gasteiger partial charge in [-0.05, 0) is 24.3 Å². The molecule has 2 aromatic carbocycles. The molecule has 0 aliphatic carbocycles. The van der Waals surface area contributed by atoms with Crippen molar-refractivity contribution in [3.05, 3.63) is 47.2 Å². The number of halogens is 2. The summed E-state index contributed by atoms with van der Waals surface area (Å²) < 4.78 is 23.6. The topological polar surface area (TPSA) is 82.3 Å². The number of ether oxygens (including phenoxy) is 2. The Morgan fingerprint density at radius 2 is 2.00 bits per heavy atom. The van der Waals surface area contributed by atoms with Gasteiger partial charge in [0.2, 0.25) is 0 Å². The van der Waals surface area contributed by atoms with Crippen LogP contribution in [-0.2, 0) is 4.74 Å². The Hall–Kier alpha value is -2.45. The van der Waals surface area contributed by atoms with Crippen LogP contribution in [0, 0.1) is 0 Å². The minimum Gasteiger partial charge on any atom is -0.489 e. The summed E-state index contributed by atoms with van der Waals surface area (Å²) in [5.41, 5.74) is 8.16. The van der Waals surface area contributed by atoms with Gasteiger partial charge in [-0.15, -0.1) is 0 Å². The zero-order chi connectivity index (χ0) is 18.4. The highest BCUT2D eigenvalue weighted by Crippen LogP contribution is 2.31. The van der Waals surface area contributed by atoms with Crippen molar-refractivity contribution in [2.45, 2.75) is 0 Å². The van der Waals surface area contributed by atoms with Crippen molar-refractivity contribution in [3.63, 3.8) is 0 Å². The number of fused-ring (bicyclic) bond motifs is 1. The highest BCUT2D eigenvalue weighted by Gasteiger charge is 2.10. The first-order valence-electron chi connectivity index (χ1n) is 8.00. The molecule has 3 N–H and O–H groups in total. The van der Waals surface area contributed by atoms with Gasteiger partial charge < -0.3 is 20.5 Å². The number of nitrogens with one attached hydrogen (secondary N) is 1. The maximum Gasteiger partial charge on any atom is 0.144 e. The van der Waals surface area contributed by atoms with Gasteiger partial charge in [0.1, 0.15) is 31.2 Å². The van der Waals surface area contributed by atoms with Crippen LogP contribution in [0.25, 0.3) is 10.9 Å². The molecule has 0 aliphatic rings. The molecule has 8 heteroatoms. The molecule has 0 spiro atoms. The van der Waals surface area contributed by atoms with Crippen LogP contribution in [0.4, 0.5) is 21.6 Å². The number of alkyl halides is 1. The van der Waals surface area contributed by atoms with Gasteiger partial charge in [-0.25, -0.2) is 14.4 Å². The van der Waals surface area contributed by atoms with E-state index in [1.165, 1.54) is 6.33 Å². The highest BCUT2D eigenvalue weighted by molar-refractivity contribution is 9.10. The number of anilines is 3. The third-order valence-electron chi connectivity index (χ3n) is 3.56. The third kappa shape index (κ3) is 4.59. The van der Waals surface area contributed by atoms with Crippen molar-refractivity contribution in [1.82, 2.24) is 9.97 Å². The zero-order valence-corrected chi connectivity index (χ0v) is 15.5. The van der Waals surface area contributed by atoms with Crippen LogP contribution in [-0.4, -0.2) is 36.5 Å². The fourth-order valence-corrected chi connectivity index (χ4v) is 2.79. The van der Waals surface area contributed by atoms with E-state index in [1.54, 1.807) is 12.1 Å². The Morgan fingerprint density at radius 1 is 1.12 bits per heavy atom. The summed E-state index contributed by atoms with van der Waals surface area (Å²) in [6.45, 7) is 0.127. The smallest absolute Gasteiger partial charge is 0.144 e. The Kier molecular flexibility index (Phi) is 6.19. The largest absolute Gasteiger partial charge is 0.489 e. The van der Waals surface area contributed by atoms with Gasteiger partial charge in [0, 0.05) is 21.6 Å². The molecule has 26 heavy (non-hydrogen) atoms. The average molecular weight is 421 g/mol. The number of aromatic nitrogens is 2. The first kappa shape index (κ1) is 18.3. The molecule has 3 rings (SSSR count). The molecule has 3 aromatic rings. The Balaban J connectivity index is 1.80. The molecule has 0 atom stereocenters. The van der Waals surface area contributed by atoms with Crippen LogP contribution < -0.4 is 15.8 Å². The maximum absolute atomic E-state index is 12.0. The standard InChI is InChI=1S/C18H18BrFN4O2/c19-12-2-1-3-13(8-12)24-18-14-9-15(21)17(10-16(14)22-11-23-18)26-7-6-25-5-4-20/h1-3,8-11H,4-7,21H2,(H,22,23,24). The van der Waals surface area contributed by atoms with Gasteiger partial charge in [0.15, 0.2) is 0 Å². The van der Waals surface area contributed by atoms with Crippen LogP contribution in [0.2, 0.25) is 0 Å². The van der Waals surface area contributed by atoms with Gasteiger partial charge in [-0.1, -0.05) is 22.0 Å². The van der Waals surface area contributed by atoms with Gasteiger partial charge in [-0.3, -0.25) is 0 Å². The molecular weight excluding hydrogens is 403 g/mol. The first-order valence-corrected chi connectivity index (χ1v) is 8.80. The molecule has 0 radical (unpaired) electrons. The van der Waals surface area contributed by atoms with E-state index in [9.17, 15) is 4.39 Å². The van der Waals surface area contributed by atoms with E-state index in [-0.39, 0.29) is 13.2 Å². The number of nitrogens with two attached hydrogens (primary N) is 1. The molecular formula is C18H18BrFN4O2. The van der Waals surface area contributed by atoms with E-state index < -0.39 is 6.67 Å². The minimum atomic E-state index is -0.511. The fourth-order valence-electron chi connectivity index (χ4n) is 2.40. The maximum atomic E-state index is 12.0. The fraction of sp³-hybridized carbons (Fsp3) is 0.222. The van der Waals surface area contributed by atoms with Crippen LogP contribution in [0.1, 0.15) is 0 Å². The first-order chi connectivity index (χ1) is 12.7. The predicted octanol–water partition coefficient (Wildman–Crippen LogP) is 4.08. The molecule has 1 heterocycles. The van der Waals surface area contributed by atoms with Crippen LogP contribution in [0.15, 0.2) is 47.2 Å². The second-order valence-corrected chi connectivity index (χ2v) is 6.33. The van der Waals surface area contributed by atoms with Gasteiger partial charge in [-0.2, -0.15) is 0 Å². The number of hydrogen-bond acceptors (Lipinski definition) is 6. The van der Waals surface area contributed by atoms with E-state index in [1.807, 2.05) is 24.3 Å². The van der Waals surface area contributed by atoms with E-state index >= 15 is 0 Å². The van der Waals surface area contributed by atoms with E-state index in [4.69, 9.17) is 15.2 Å². The highest BCUT2D eigenvalue weighted by atomic mass is 79.9. The summed E-state index contributed by atoms with van der Waals surface area (Å²) in [4.78, 5) is 8.59. The lowest BCUT2D eigenvalue weighted by molar-refractivity contribution is 0.0899. The molecule has 0 saturated heterocycles. The molecule has 0 fully saturated rings. The van der Waals surface area contributed by atoms with Crippen molar-refractivity contribution in [1.29, 1.82) is 0 Å². The molecule has 0 unspecified atom stereocenters. The lowest BCUT2D eigenvalue weighted by Gasteiger charge is -2.12. The van der Waals surface area contributed by atoms with Crippen LogP contribution in [0.5, 0.6) is 5.75 Å². The Morgan fingerprint density at radius 3 is 2.81 bits per heavy atom. The quantitative estimate of drug-likeness (QED) is 0.421. The number of hydrogen-bond donors (Lipinski definition) is 2. The van der Waals surface area contributed by atoms with Crippen molar-refractivity contribution in [2.75, 3.05) is 37.5 Å². The van der Waals surface area contributed by atoms with E-state index in [0.29, 0.717) is 29.4 Å². The van der Waals surface area contributed by atoms with Crippen molar-refractivity contribution >= 4 is 44.0 Å². The molecule has 0 saturated carbocycles. The number of nitrogens with zero attached hydrogens (tertiary/aromatic N) is 2. The molecule has 6 nitrogen and oxygen atoms in total. The normalized spacial score (nSPS) is 10.8.